The Labute approximate surface area is 111 Å². The summed E-state index contributed by atoms with van der Waals surface area (Å²) in [5.41, 5.74) is 0.591. The summed E-state index contributed by atoms with van der Waals surface area (Å²) in [5.74, 6) is -0.399. The van der Waals surface area contributed by atoms with Crippen molar-refractivity contribution < 1.29 is 19.1 Å². The molecule has 1 aromatic rings. The maximum Gasteiger partial charge on any atom is 0.308 e. The number of aromatic nitrogens is 1. The van der Waals surface area contributed by atoms with Gasteiger partial charge in [-0.05, 0) is 12.1 Å². The third-order valence-electron chi connectivity index (χ3n) is 2.98. The number of carbonyl (C=O) groups is 2. The first kappa shape index (κ1) is 13.5. The lowest BCUT2D eigenvalue weighted by Crippen LogP contribution is -2.46. The molecule has 2 rings (SSSR count). The van der Waals surface area contributed by atoms with E-state index in [1.165, 1.54) is 7.11 Å². The number of nitrogens with zero attached hydrogens (tertiary/aromatic N) is 2. The van der Waals surface area contributed by atoms with Crippen LogP contribution < -0.4 is 0 Å². The third kappa shape index (κ3) is 3.51. The second kappa shape index (κ2) is 6.29. The molecular weight excluding hydrogens is 248 g/mol. The highest BCUT2D eigenvalue weighted by Gasteiger charge is 2.26. The zero-order chi connectivity index (χ0) is 13.7. The maximum absolute atomic E-state index is 12.2. The predicted octanol–water partition coefficient (Wildman–Crippen LogP) is 0.486. The van der Waals surface area contributed by atoms with Crippen molar-refractivity contribution >= 4 is 11.9 Å². The van der Waals surface area contributed by atoms with E-state index in [0.29, 0.717) is 25.3 Å². The lowest BCUT2D eigenvalue weighted by molar-refractivity contribution is -0.145. The van der Waals surface area contributed by atoms with Crippen LogP contribution in [0.1, 0.15) is 16.8 Å². The van der Waals surface area contributed by atoms with Crippen LogP contribution in [0.2, 0.25) is 0 Å². The van der Waals surface area contributed by atoms with E-state index in [2.05, 4.69) is 9.72 Å². The van der Waals surface area contributed by atoms with Crippen molar-refractivity contribution in [3.05, 3.63) is 30.1 Å². The highest BCUT2D eigenvalue weighted by atomic mass is 16.5. The SMILES string of the molecule is COC(=O)CC1CN(C(=O)c2ccncc2)CCO1. The Morgan fingerprint density at radius 2 is 2.21 bits per heavy atom. The topological polar surface area (TPSA) is 68.7 Å². The summed E-state index contributed by atoms with van der Waals surface area (Å²) in [7, 11) is 1.34. The van der Waals surface area contributed by atoms with E-state index in [1.807, 2.05) is 0 Å². The van der Waals surface area contributed by atoms with Crippen molar-refractivity contribution in [1.29, 1.82) is 0 Å². The van der Waals surface area contributed by atoms with Crippen molar-refractivity contribution in [2.75, 3.05) is 26.8 Å². The van der Waals surface area contributed by atoms with Gasteiger partial charge >= 0.3 is 5.97 Å². The zero-order valence-corrected chi connectivity index (χ0v) is 10.7. The van der Waals surface area contributed by atoms with Gasteiger partial charge in [0, 0.05) is 31.0 Å². The summed E-state index contributed by atoms with van der Waals surface area (Å²) in [5, 5.41) is 0. The van der Waals surface area contributed by atoms with Gasteiger partial charge in [0.05, 0.1) is 26.2 Å². The van der Waals surface area contributed by atoms with E-state index >= 15 is 0 Å². The Balaban J connectivity index is 1.97. The fourth-order valence-electron chi connectivity index (χ4n) is 1.97. The van der Waals surface area contributed by atoms with Crippen LogP contribution in [0.15, 0.2) is 24.5 Å². The number of amides is 1. The number of ether oxygens (including phenoxy) is 2. The molecule has 0 N–H and O–H groups in total. The predicted molar refractivity (Wildman–Crippen MR) is 66.5 cm³/mol. The van der Waals surface area contributed by atoms with Gasteiger partial charge in [0.1, 0.15) is 0 Å². The van der Waals surface area contributed by atoms with Gasteiger partial charge in [0.15, 0.2) is 0 Å². The minimum absolute atomic E-state index is 0.0689. The number of methoxy groups -OCH3 is 1. The van der Waals surface area contributed by atoms with Crippen LogP contribution in [0.25, 0.3) is 0 Å². The van der Waals surface area contributed by atoms with Gasteiger partial charge in [0.25, 0.3) is 5.91 Å². The molecule has 19 heavy (non-hydrogen) atoms. The van der Waals surface area contributed by atoms with E-state index in [0.717, 1.165) is 0 Å². The molecule has 1 unspecified atom stereocenters. The van der Waals surface area contributed by atoms with Gasteiger partial charge in [-0.15, -0.1) is 0 Å². The summed E-state index contributed by atoms with van der Waals surface area (Å²) in [6.45, 7) is 1.35. The molecule has 1 atom stereocenters. The van der Waals surface area contributed by atoms with Crippen LogP contribution in [0.4, 0.5) is 0 Å². The van der Waals surface area contributed by atoms with Crippen LogP contribution in [0.3, 0.4) is 0 Å². The first-order chi connectivity index (χ1) is 9.20. The molecule has 0 aromatic carbocycles. The smallest absolute Gasteiger partial charge is 0.308 e. The molecule has 0 spiro atoms. The molecule has 1 aromatic heterocycles. The van der Waals surface area contributed by atoms with Gasteiger partial charge in [-0.3, -0.25) is 14.6 Å². The number of carbonyl (C=O) groups excluding carboxylic acids is 2. The average molecular weight is 264 g/mol. The van der Waals surface area contributed by atoms with Gasteiger partial charge in [-0.2, -0.15) is 0 Å². The fourth-order valence-corrected chi connectivity index (χ4v) is 1.97. The molecule has 102 valence electrons. The first-order valence-corrected chi connectivity index (χ1v) is 6.08. The van der Waals surface area contributed by atoms with Crippen molar-refractivity contribution in [2.24, 2.45) is 0 Å². The van der Waals surface area contributed by atoms with Crippen LogP contribution >= 0.6 is 0 Å². The standard InChI is InChI=1S/C13H16N2O4/c1-18-12(16)8-11-9-15(6-7-19-11)13(17)10-2-4-14-5-3-10/h2-5,11H,6-9H2,1H3. The molecule has 0 saturated carbocycles. The van der Waals surface area contributed by atoms with E-state index in [1.54, 1.807) is 29.4 Å². The van der Waals surface area contributed by atoms with E-state index < -0.39 is 0 Å². The van der Waals surface area contributed by atoms with E-state index in [4.69, 9.17) is 4.74 Å². The highest BCUT2D eigenvalue weighted by molar-refractivity contribution is 5.94. The van der Waals surface area contributed by atoms with Crippen LogP contribution in [-0.2, 0) is 14.3 Å². The fraction of sp³-hybridized carbons (Fsp3) is 0.462. The van der Waals surface area contributed by atoms with Gasteiger partial charge < -0.3 is 14.4 Å². The summed E-state index contributed by atoms with van der Waals surface area (Å²) in [4.78, 5) is 29.0. The molecule has 6 nitrogen and oxygen atoms in total. The molecular formula is C13H16N2O4. The Morgan fingerprint density at radius 3 is 2.89 bits per heavy atom. The zero-order valence-electron chi connectivity index (χ0n) is 10.7. The monoisotopic (exact) mass is 264 g/mol. The van der Waals surface area contributed by atoms with Crippen LogP contribution in [-0.4, -0.2) is 54.7 Å². The Morgan fingerprint density at radius 1 is 1.47 bits per heavy atom. The number of rotatable bonds is 3. The number of pyridine rings is 1. The Hall–Kier alpha value is -1.95. The first-order valence-electron chi connectivity index (χ1n) is 6.08. The second-order valence-corrected chi connectivity index (χ2v) is 4.26. The molecule has 1 aliphatic heterocycles. The largest absolute Gasteiger partial charge is 0.469 e. The maximum atomic E-state index is 12.2. The van der Waals surface area contributed by atoms with E-state index in [-0.39, 0.29) is 24.4 Å². The van der Waals surface area contributed by atoms with Crippen LogP contribution in [0, 0.1) is 0 Å². The molecule has 1 amide bonds. The van der Waals surface area contributed by atoms with Crippen molar-refractivity contribution in [1.82, 2.24) is 9.88 Å². The molecule has 0 aliphatic carbocycles. The minimum Gasteiger partial charge on any atom is -0.469 e. The van der Waals surface area contributed by atoms with Crippen molar-refractivity contribution in [3.8, 4) is 0 Å². The molecule has 2 heterocycles. The van der Waals surface area contributed by atoms with Crippen molar-refractivity contribution in [3.63, 3.8) is 0 Å². The normalized spacial score (nSPS) is 19.0. The summed E-state index contributed by atoms with van der Waals surface area (Å²) in [6, 6.07) is 3.35. The summed E-state index contributed by atoms with van der Waals surface area (Å²) >= 11 is 0. The average Bonchev–Trinajstić information content (AvgIpc) is 2.47. The lowest BCUT2D eigenvalue weighted by Gasteiger charge is -2.32. The van der Waals surface area contributed by atoms with Crippen LogP contribution in [0.5, 0.6) is 0 Å². The third-order valence-corrected chi connectivity index (χ3v) is 2.98. The Kier molecular flexibility index (Phi) is 4.46. The minimum atomic E-state index is -0.330. The van der Waals surface area contributed by atoms with Crippen molar-refractivity contribution in [2.45, 2.75) is 12.5 Å². The molecule has 1 saturated heterocycles. The highest BCUT2D eigenvalue weighted by Crippen LogP contribution is 2.12. The second-order valence-electron chi connectivity index (χ2n) is 4.26. The Bertz CT molecular complexity index is 449. The summed E-state index contributed by atoms with van der Waals surface area (Å²) < 4.78 is 10.1. The number of hydrogen-bond acceptors (Lipinski definition) is 5. The number of esters is 1. The van der Waals surface area contributed by atoms with Gasteiger partial charge in [0.2, 0.25) is 0 Å². The lowest BCUT2D eigenvalue weighted by atomic mass is 10.1. The molecule has 1 aliphatic rings. The molecule has 6 heteroatoms. The summed E-state index contributed by atoms with van der Waals surface area (Å²) in [6.07, 6.45) is 3.03. The van der Waals surface area contributed by atoms with E-state index in [9.17, 15) is 9.59 Å². The van der Waals surface area contributed by atoms with Gasteiger partial charge in [-0.25, -0.2) is 0 Å². The number of morpholine rings is 1. The van der Waals surface area contributed by atoms with Gasteiger partial charge in [-0.1, -0.05) is 0 Å². The quantitative estimate of drug-likeness (QED) is 0.743. The molecule has 1 fully saturated rings. The molecule has 0 radical (unpaired) electrons. The molecule has 0 bridgehead atoms. The number of hydrogen-bond donors (Lipinski definition) is 0.